The Morgan fingerprint density at radius 1 is 1.43 bits per heavy atom. The van der Waals surface area contributed by atoms with E-state index >= 15 is 0 Å². The van der Waals surface area contributed by atoms with E-state index in [1.165, 1.54) is 11.3 Å². The third-order valence-corrected chi connectivity index (χ3v) is 3.34. The Balaban J connectivity index is 2.03. The van der Waals surface area contributed by atoms with Gasteiger partial charge in [-0.2, -0.15) is 5.10 Å². The first kappa shape index (κ1) is 15.2. The quantitative estimate of drug-likeness (QED) is 0.755. The fraction of sp³-hybridized carbons (Fsp3) is 0.385. The summed E-state index contributed by atoms with van der Waals surface area (Å²) in [5.74, 6) is 0.133. The van der Waals surface area contributed by atoms with Crippen LogP contribution in [0.5, 0.6) is 0 Å². The lowest BCUT2D eigenvalue weighted by Crippen LogP contribution is -2.44. The molecule has 8 heteroatoms. The number of amides is 2. The van der Waals surface area contributed by atoms with Gasteiger partial charge >= 0.3 is 0 Å². The summed E-state index contributed by atoms with van der Waals surface area (Å²) in [4.78, 5) is 28.2. The maximum atomic E-state index is 12.3. The Hall–Kier alpha value is -2.22. The second-order valence-corrected chi connectivity index (χ2v) is 5.71. The van der Waals surface area contributed by atoms with Gasteiger partial charge in [-0.1, -0.05) is 13.8 Å². The molecule has 2 aromatic heterocycles. The summed E-state index contributed by atoms with van der Waals surface area (Å²) in [7, 11) is 0. The summed E-state index contributed by atoms with van der Waals surface area (Å²) in [6.45, 7) is 3.98. The zero-order valence-corrected chi connectivity index (χ0v) is 12.6. The number of H-pyrrole nitrogens is 1. The van der Waals surface area contributed by atoms with E-state index in [2.05, 4.69) is 25.8 Å². The molecule has 0 radical (unpaired) electrons. The standard InChI is InChI=1S/C13H17N5O2S/c1-8(2)5-9(12(19)17-11-3-4-15-18-11)16-13(20)10-6-21-7-14-10/h3-4,6-9H,5H2,1-2H3,(H,16,20)(H2,15,17,18,19)/t9-/m1/s1. The van der Waals surface area contributed by atoms with Gasteiger partial charge in [-0.05, 0) is 12.3 Å². The van der Waals surface area contributed by atoms with Crippen LogP contribution in [-0.4, -0.2) is 33.0 Å². The molecule has 2 aromatic rings. The number of nitrogens with zero attached hydrogens (tertiary/aromatic N) is 2. The molecule has 0 aliphatic rings. The molecule has 2 heterocycles. The second kappa shape index (κ2) is 6.98. The van der Waals surface area contributed by atoms with E-state index in [0.29, 0.717) is 17.9 Å². The lowest BCUT2D eigenvalue weighted by Gasteiger charge is -2.19. The highest BCUT2D eigenvalue weighted by Crippen LogP contribution is 2.09. The Morgan fingerprint density at radius 3 is 2.81 bits per heavy atom. The van der Waals surface area contributed by atoms with Gasteiger partial charge < -0.3 is 10.6 Å². The smallest absolute Gasteiger partial charge is 0.271 e. The molecule has 0 bridgehead atoms. The van der Waals surface area contributed by atoms with Crippen LogP contribution in [0.4, 0.5) is 5.82 Å². The fourth-order valence-corrected chi connectivity index (χ4v) is 2.34. The predicted molar refractivity (Wildman–Crippen MR) is 80.0 cm³/mol. The summed E-state index contributed by atoms with van der Waals surface area (Å²) in [5, 5.41) is 13.5. The van der Waals surface area contributed by atoms with Crippen molar-refractivity contribution in [3.63, 3.8) is 0 Å². The average Bonchev–Trinajstić information content (AvgIpc) is 3.10. The van der Waals surface area contributed by atoms with Gasteiger partial charge in [-0.3, -0.25) is 14.7 Å². The normalized spacial score (nSPS) is 12.1. The predicted octanol–water partition coefficient (Wildman–Crippen LogP) is 1.65. The van der Waals surface area contributed by atoms with Crippen molar-refractivity contribution >= 4 is 29.0 Å². The molecule has 0 saturated heterocycles. The van der Waals surface area contributed by atoms with Crippen LogP contribution < -0.4 is 10.6 Å². The number of rotatable bonds is 6. The lowest BCUT2D eigenvalue weighted by atomic mass is 10.0. The maximum absolute atomic E-state index is 12.3. The summed E-state index contributed by atoms with van der Waals surface area (Å²) < 4.78 is 0. The van der Waals surface area contributed by atoms with Crippen molar-refractivity contribution in [3.8, 4) is 0 Å². The number of aromatic nitrogens is 3. The average molecular weight is 307 g/mol. The van der Waals surface area contributed by atoms with Crippen molar-refractivity contribution in [2.24, 2.45) is 5.92 Å². The minimum absolute atomic E-state index is 0.262. The highest BCUT2D eigenvalue weighted by Gasteiger charge is 2.23. The van der Waals surface area contributed by atoms with Crippen LogP contribution in [0.2, 0.25) is 0 Å². The first-order valence-electron chi connectivity index (χ1n) is 6.55. The molecule has 112 valence electrons. The number of carbonyl (C=O) groups excluding carboxylic acids is 2. The number of hydrogen-bond donors (Lipinski definition) is 3. The molecule has 1 atom stereocenters. The van der Waals surface area contributed by atoms with Gasteiger partial charge in [0.2, 0.25) is 5.91 Å². The van der Waals surface area contributed by atoms with E-state index in [-0.39, 0.29) is 17.7 Å². The number of nitrogens with one attached hydrogen (secondary N) is 3. The van der Waals surface area contributed by atoms with Crippen molar-refractivity contribution in [1.82, 2.24) is 20.5 Å². The summed E-state index contributed by atoms with van der Waals surface area (Å²) in [6.07, 6.45) is 2.08. The van der Waals surface area contributed by atoms with Crippen LogP contribution in [-0.2, 0) is 4.79 Å². The largest absolute Gasteiger partial charge is 0.339 e. The van der Waals surface area contributed by atoms with Gasteiger partial charge in [0.1, 0.15) is 17.6 Å². The zero-order valence-electron chi connectivity index (χ0n) is 11.8. The number of carbonyl (C=O) groups is 2. The zero-order chi connectivity index (χ0) is 15.2. The van der Waals surface area contributed by atoms with Gasteiger partial charge in [-0.15, -0.1) is 11.3 Å². The number of hydrogen-bond acceptors (Lipinski definition) is 5. The molecule has 3 N–H and O–H groups in total. The lowest BCUT2D eigenvalue weighted by molar-refractivity contribution is -0.118. The first-order chi connectivity index (χ1) is 10.1. The Kier molecular flexibility index (Phi) is 5.04. The minimum Gasteiger partial charge on any atom is -0.339 e. The molecule has 0 saturated carbocycles. The van der Waals surface area contributed by atoms with Crippen LogP contribution in [0.25, 0.3) is 0 Å². The third kappa shape index (κ3) is 4.38. The van der Waals surface area contributed by atoms with Crippen molar-refractivity contribution in [2.75, 3.05) is 5.32 Å². The SMILES string of the molecule is CC(C)C[C@@H](NC(=O)c1cscn1)C(=O)Nc1ccn[nH]1. The Labute approximate surface area is 126 Å². The monoisotopic (exact) mass is 307 g/mol. The van der Waals surface area contributed by atoms with E-state index < -0.39 is 6.04 Å². The molecular formula is C13H17N5O2S. The molecule has 0 unspecified atom stereocenters. The highest BCUT2D eigenvalue weighted by molar-refractivity contribution is 7.07. The van der Waals surface area contributed by atoms with E-state index in [0.717, 1.165) is 0 Å². The maximum Gasteiger partial charge on any atom is 0.271 e. The van der Waals surface area contributed by atoms with E-state index in [4.69, 9.17) is 0 Å². The van der Waals surface area contributed by atoms with E-state index in [1.54, 1.807) is 23.2 Å². The Bertz CT molecular complexity index is 580. The molecular weight excluding hydrogens is 290 g/mol. The highest BCUT2D eigenvalue weighted by atomic mass is 32.1. The van der Waals surface area contributed by atoms with Crippen LogP contribution >= 0.6 is 11.3 Å². The summed E-state index contributed by atoms with van der Waals surface area (Å²) in [5.41, 5.74) is 1.90. The molecule has 0 aliphatic heterocycles. The molecule has 21 heavy (non-hydrogen) atoms. The Morgan fingerprint density at radius 2 is 2.24 bits per heavy atom. The number of anilines is 1. The van der Waals surface area contributed by atoms with E-state index in [9.17, 15) is 9.59 Å². The first-order valence-corrected chi connectivity index (χ1v) is 7.50. The van der Waals surface area contributed by atoms with Gasteiger partial charge in [0, 0.05) is 11.4 Å². The summed E-state index contributed by atoms with van der Waals surface area (Å²) in [6, 6.07) is 1.02. The van der Waals surface area contributed by atoms with E-state index in [1.807, 2.05) is 13.8 Å². The third-order valence-electron chi connectivity index (χ3n) is 2.75. The van der Waals surface area contributed by atoms with Crippen LogP contribution in [0.3, 0.4) is 0 Å². The van der Waals surface area contributed by atoms with Crippen molar-refractivity contribution in [2.45, 2.75) is 26.3 Å². The van der Waals surface area contributed by atoms with Crippen LogP contribution in [0.1, 0.15) is 30.8 Å². The molecule has 0 spiro atoms. The molecule has 0 fully saturated rings. The van der Waals surface area contributed by atoms with Gasteiger partial charge in [0.15, 0.2) is 0 Å². The number of thiazole rings is 1. The summed E-state index contributed by atoms with van der Waals surface area (Å²) >= 11 is 1.34. The molecule has 7 nitrogen and oxygen atoms in total. The van der Waals surface area contributed by atoms with Crippen molar-refractivity contribution in [1.29, 1.82) is 0 Å². The van der Waals surface area contributed by atoms with Gasteiger partial charge in [0.25, 0.3) is 5.91 Å². The van der Waals surface area contributed by atoms with Gasteiger partial charge in [0.05, 0.1) is 11.7 Å². The molecule has 2 rings (SSSR count). The second-order valence-electron chi connectivity index (χ2n) is 4.99. The van der Waals surface area contributed by atoms with Gasteiger partial charge in [-0.25, -0.2) is 4.98 Å². The van der Waals surface area contributed by atoms with Crippen LogP contribution in [0.15, 0.2) is 23.2 Å². The molecule has 2 amide bonds. The molecule has 0 aliphatic carbocycles. The minimum atomic E-state index is -0.623. The van der Waals surface area contributed by atoms with Crippen molar-refractivity contribution in [3.05, 3.63) is 28.8 Å². The fourth-order valence-electron chi connectivity index (χ4n) is 1.81. The molecule has 0 aromatic carbocycles. The topological polar surface area (TPSA) is 99.8 Å². The van der Waals surface area contributed by atoms with Crippen molar-refractivity contribution < 1.29 is 9.59 Å². The van der Waals surface area contributed by atoms with Crippen LogP contribution in [0, 0.1) is 5.92 Å². The number of aromatic amines is 1.